The molecular weight excluding hydrogens is 356 g/mol. The summed E-state index contributed by atoms with van der Waals surface area (Å²) in [5.74, 6) is -1.51. The van der Waals surface area contributed by atoms with Gasteiger partial charge >= 0.3 is 0 Å². The van der Waals surface area contributed by atoms with Crippen LogP contribution in [0.2, 0.25) is 0 Å². The fourth-order valence-corrected chi connectivity index (χ4v) is 3.44. The van der Waals surface area contributed by atoms with Gasteiger partial charge in [0.15, 0.2) is 11.5 Å². The first-order valence-electron chi connectivity index (χ1n) is 8.93. The van der Waals surface area contributed by atoms with Crippen molar-refractivity contribution in [2.45, 2.75) is 12.5 Å². The van der Waals surface area contributed by atoms with Gasteiger partial charge in [-0.05, 0) is 41.8 Å². The standard InChI is InChI=1S/C22H18N2O4/c25-20(17-7-4-14-28-17)18-19(16-8-11-23-12-9-16)24(22(27)21(18)26)13-10-15-5-2-1-3-6-15/h1-9,11-12,14,19,26H,10,13H2/t19-/m0/s1. The van der Waals surface area contributed by atoms with Gasteiger partial charge < -0.3 is 14.4 Å². The SMILES string of the molecule is O=C(C1=C(O)C(=O)N(CCc2ccccc2)[C@H]1c1ccncc1)c1ccco1. The Balaban J connectivity index is 1.70. The number of hydrogen-bond donors (Lipinski definition) is 1. The van der Waals surface area contributed by atoms with Crippen LogP contribution < -0.4 is 0 Å². The molecule has 3 heterocycles. The van der Waals surface area contributed by atoms with Crippen LogP contribution in [0.15, 0.2) is 89.0 Å². The van der Waals surface area contributed by atoms with Crippen LogP contribution in [0.25, 0.3) is 0 Å². The maximum absolute atomic E-state index is 13.0. The number of nitrogens with zero attached hydrogens (tertiary/aromatic N) is 2. The number of furan rings is 1. The summed E-state index contributed by atoms with van der Waals surface area (Å²) in [6.45, 7) is 0.356. The van der Waals surface area contributed by atoms with Gasteiger partial charge in [-0.1, -0.05) is 30.3 Å². The molecule has 0 aliphatic carbocycles. The summed E-state index contributed by atoms with van der Waals surface area (Å²) in [6.07, 6.45) is 5.18. The number of Topliss-reactive ketones (excluding diaryl/α,β-unsaturated/α-hetero) is 1. The normalized spacial score (nSPS) is 16.6. The first-order chi connectivity index (χ1) is 13.7. The van der Waals surface area contributed by atoms with Gasteiger partial charge in [0.05, 0.1) is 17.9 Å². The summed E-state index contributed by atoms with van der Waals surface area (Å²) in [5, 5.41) is 10.5. The molecule has 1 aliphatic rings. The summed E-state index contributed by atoms with van der Waals surface area (Å²) in [5.41, 5.74) is 1.80. The Labute approximate surface area is 161 Å². The quantitative estimate of drug-likeness (QED) is 0.668. The third kappa shape index (κ3) is 3.20. The Kier molecular flexibility index (Phi) is 4.76. The number of ketones is 1. The minimum atomic E-state index is -0.697. The van der Waals surface area contributed by atoms with Crippen LogP contribution in [0.4, 0.5) is 0 Å². The largest absolute Gasteiger partial charge is 0.503 e. The number of benzene rings is 1. The third-order valence-electron chi connectivity index (χ3n) is 4.80. The van der Waals surface area contributed by atoms with E-state index in [4.69, 9.17) is 4.42 Å². The molecule has 0 bridgehead atoms. The van der Waals surface area contributed by atoms with Crippen molar-refractivity contribution in [3.8, 4) is 0 Å². The molecule has 3 aromatic rings. The molecule has 1 aromatic carbocycles. The lowest BCUT2D eigenvalue weighted by Crippen LogP contribution is -2.33. The Morgan fingerprint density at radius 2 is 1.82 bits per heavy atom. The van der Waals surface area contributed by atoms with E-state index < -0.39 is 23.5 Å². The van der Waals surface area contributed by atoms with Gasteiger partial charge in [-0.15, -0.1) is 0 Å². The van der Waals surface area contributed by atoms with Crippen LogP contribution in [0.1, 0.15) is 27.7 Å². The van der Waals surface area contributed by atoms with Gasteiger partial charge in [0.25, 0.3) is 5.91 Å². The molecule has 28 heavy (non-hydrogen) atoms. The van der Waals surface area contributed by atoms with Gasteiger partial charge in [-0.25, -0.2) is 0 Å². The number of pyridine rings is 1. The lowest BCUT2D eigenvalue weighted by molar-refractivity contribution is -0.129. The molecule has 1 amide bonds. The zero-order valence-electron chi connectivity index (χ0n) is 15.0. The van der Waals surface area contributed by atoms with Crippen molar-refractivity contribution in [3.63, 3.8) is 0 Å². The van der Waals surface area contributed by atoms with E-state index in [1.165, 1.54) is 17.2 Å². The van der Waals surface area contributed by atoms with Crippen molar-refractivity contribution < 1.29 is 19.1 Å². The Morgan fingerprint density at radius 1 is 1.07 bits per heavy atom. The minimum absolute atomic E-state index is 0.0270. The lowest BCUT2D eigenvalue weighted by atomic mass is 9.95. The molecule has 0 saturated carbocycles. The summed E-state index contributed by atoms with van der Waals surface area (Å²) >= 11 is 0. The molecule has 0 spiro atoms. The van der Waals surface area contributed by atoms with Crippen LogP contribution in [0.5, 0.6) is 0 Å². The minimum Gasteiger partial charge on any atom is -0.503 e. The summed E-state index contributed by atoms with van der Waals surface area (Å²) in [4.78, 5) is 31.3. The molecular formula is C22H18N2O4. The van der Waals surface area contributed by atoms with Gasteiger partial charge in [-0.3, -0.25) is 14.6 Å². The number of aliphatic hydroxyl groups is 1. The van der Waals surface area contributed by atoms with Crippen LogP contribution >= 0.6 is 0 Å². The zero-order valence-corrected chi connectivity index (χ0v) is 15.0. The zero-order chi connectivity index (χ0) is 19.5. The molecule has 0 saturated heterocycles. The van der Waals surface area contributed by atoms with Crippen molar-refractivity contribution in [3.05, 3.63) is 101 Å². The highest BCUT2D eigenvalue weighted by molar-refractivity contribution is 6.15. The number of aromatic nitrogens is 1. The molecule has 2 aromatic heterocycles. The van der Waals surface area contributed by atoms with Crippen molar-refractivity contribution >= 4 is 11.7 Å². The number of amides is 1. The van der Waals surface area contributed by atoms with Gasteiger partial charge in [0, 0.05) is 18.9 Å². The van der Waals surface area contributed by atoms with E-state index in [1.54, 1.807) is 30.6 Å². The smallest absolute Gasteiger partial charge is 0.290 e. The van der Waals surface area contributed by atoms with Crippen molar-refractivity contribution in [2.75, 3.05) is 6.54 Å². The fourth-order valence-electron chi connectivity index (χ4n) is 3.44. The molecule has 0 fully saturated rings. The molecule has 4 rings (SSSR count). The second-order valence-corrected chi connectivity index (χ2v) is 6.49. The van der Waals surface area contributed by atoms with Crippen LogP contribution in [-0.2, 0) is 11.2 Å². The molecule has 0 unspecified atom stereocenters. The first kappa shape index (κ1) is 17.7. The average Bonchev–Trinajstić information content (AvgIpc) is 3.36. The summed E-state index contributed by atoms with van der Waals surface area (Å²) in [7, 11) is 0. The number of rotatable bonds is 6. The van der Waals surface area contributed by atoms with Crippen molar-refractivity contribution in [2.24, 2.45) is 0 Å². The van der Waals surface area contributed by atoms with Gasteiger partial charge in [0.1, 0.15) is 0 Å². The highest BCUT2D eigenvalue weighted by atomic mass is 16.3. The maximum atomic E-state index is 13.0. The molecule has 1 atom stereocenters. The number of aliphatic hydroxyl groups excluding tert-OH is 1. The van der Waals surface area contributed by atoms with Crippen LogP contribution in [0.3, 0.4) is 0 Å². The Morgan fingerprint density at radius 3 is 2.50 bits per heavy atom. The molecule has 140 valence electrons. The maximum Gasteiger partial charge on any atom is 0.290 e. The molecule has 6 heteroatoms. The number of carbonyl (C=O) groups is 2. The predicted octanol–water partition coefficient (Wildman–Crippen LogP) is 3.50. The Bertz CT molecular complexity index is 1010. The van der Waals surface area contributed by atoms with E-state index in [0.29, 0.717) is 18.5 Å². The highest BCUT2D eigenvalue weighted by Crippen LogP contribution is 2.38. The van der Waals surface area contributed by atoms with E-state index >= 15 is 0 Å². The van der Waals surface area contributed by atoms with Crippen molar-refractivity contribution in [1.82, 2.24) is 9.88 Å². The highest BCUT2D eigenvalue weighted by Gasteiger charge is 2.44. The van der Waals surface area contributed by atoms with E-state index in [9.17, 15) is 14.7 Å². The number of hydrogen-bond acceptors (Lipinski definition) is 5. The molecule has 0 radical (unpaired) electrons. The first-order valence-corrected chi connectivity index (χ1v) is 8.93. The van der Waals surface area contributed by atoms with E-state index in [1.807, 2.05) is 30.3 Å². The summed E-state index contributed by atoms with van der Waals surface area (Å²) < 4.78 is 5.20. The predicted molar refractivity (Wildman–Crippen MR) is 102 cm³/mol. The lowest BCUT2D eigenvalue weighted by Gasteiger charge is -2.26. The van der Waals surface area contributed by atoms with Crippen molar-refractivity contribution in [1.29, 1.82) is 0 Å². The second-order valence-electron chi connectivity index (χ2n) is 6.49. The van der Waals surface area contributed by atoms with E-state index in [-0.39, 0.29) is 11.3 Å². The topological polar surface area (TPSA) is 83.6 Å². The summed E-state index contributed by atoms with van der Waals surface area (Å²) in [6, 6.07) is 15.6. The van der Waals surface area contributed by atoms with Crippen LogP contribution in [-0.4, -0.2) is 33.2 Å². The monoisotopic (exact) mass is 374 g/mol. The molecule has 1 N–H and O–H groups in total. The molecule has 1 aliphatic heterocycles. The van der Waals surface area contributed by atoms with Gasteiger partial charge in [0.2, 0.25) is 5.78 Å². The average molecular weight is 374 g/mol. The third-order valence-corrected chi connectivity index (χ3v) is 4.80. The Hall–Kier alpha value is -3.67. The van der Waals surface area contributed by atoms with E-state index in [0.717, 1.165) is 5.56 Å². The number of carbonyl (C=O) groups excluding carboxylic acids is 2. The molecule has 6 nitrogen and oxygen atoms in total. The fraction of sp³-hybridized carbons (Fsp3) is 0.136. The van der Waals surface area contributed by atoms with E-state index in [2.05, 4.69) is 4.98 Å². The van der Waals surface area contributed by atoms with Gasteiger partial charge in [-0.2, -0.15) is 0 Å². The second kappa shape index (κ2) is 7.52. The van der Waals surface area contributed by atoms with Crippen LogP contribution in [0, 0.1) is 0 Å².